The Labute approximate surface area is 187 Å². The van der Waals surface area contributed by atoms with E-state index in [0.717, 1.165) is 11.1 Å². The van der Waals surface area contributed by atoms with Gasteiger partial charge in [-0.15, -0.1) is 0 Å². The lowest BCUT2D eigenvalue weighted by Gasteiger charge is -2.29. The number of primary amides is 1. The van der Waals surface area contributed by atoms with Crippen molar-refractivity contribution >= 4 is 17.9 Å². The first kappa shape index (κ1) is 23.1. The number of hydrogen-bond donors (Lipinski definition) is 3. The van der Waals surface area contributed by atoms with E-state index < -0.39 is 18.0 Å². The number of carbonyl (C=O) groups excluding carboxylic acids is 2. The molecule has 8 heteroatoms. The number of rotatable bonds is 9. The van der Waals surface area contributed by atoms with Gasteiger partial charge >= 0.3 is 6.09 Å². The highest BCUT2D eigenvalue weighted by molar-refractivity contribution is 5.86. The van der Waals surface area contributed by atoms with Crippen molar-refractivity contribution in [3.05, 3.63) is 65.7 Å². The lowest BCUT2D eigenvalue weighted by Crippen LogP contribution is -2.46. The van der Waals surface area contributed by atoms with E-state index in [0.29, 0.717) is 38.3 Å². The van der Waals surface area contributed by atoms with Gasteiger partial charge in [0.1, 0.15) is 18.4 Å². The molecule has 3 amide bonds. The second-order valence-electron chi connectivity index (χ2n) is 8.06. The summed E-state index contributed by atoms with van der Waals surface area (Å²) in [4.78, 5) is 36.7. The topological polar surface area (TPSA) is 122 Å². The van der Waals surface area contributed by atoms with Crippen LogP contribution in [-0.2, 0) is 22.6 Å². The number of amides is 3. The van der Waals surface area contributed by atoms with E-state index in [4.69, 9.17) is 15.6 Å². The van der Waals surface area contributed by atoms with E-state index in [1.54, 1.807) is 0 Å². The van der Waals surface area contributed by atoms with E-state index in [2.05, 4.69) is 5.32 Å². The van der Waals surface area contributed by atoms with Crippen LogP contribution >= 0.6 is 0 Å². The molecule has 170 valence electrons. The number of likely N-dealkylation sites (tertiary alicyclic amines) is 1. The number of piperidine rings is 1. The van der Waals surface area contributed by atoms with Crippen molar-refractivity contribution in [3.63, 3.8) is 0 Å². The predicted molar refractivity (Wildman–Crippen MR) is 119 cm³/mol. The highest BCUT2D eigenvalue weighted by atomic mass is 16.5. The molecule has 1 unspecified atom stereocenters. The zero-order valence-corrected chi connectivity index (χ0v) is 17.9. The summed E-state index contributed by atoms with van der Waals surface area (Å²) in [6.45, 7) is 1.31. The van der Waals surface area contributed by atoms with Gasteiger partial charge < -0.3 is 25.8 Å². The number of nitrogens with zero attached hydrogens (tertiary/aromatic N) is 1. The SMILES string of the molecule is NC(=O)C(Cc1ccc(OCc2ccccc2)cc1)NC(=O)CC1CCN(C(=O)O)CC1. The lowest BCUT2D eigenvalue weighted by atomic mass is 9.93. The second-order valence-corrected chi connectivity index (χ2v) is 8.06. The van der Waals surface area contributed by atoms with Crippen LogP contribution in [0.4, 0.5) is 4.79 Å². The molecule has 0 aromatic heterocycles. The summed E-state index contributed by atoms with van der Waals surface area (Å²) in [5.41, 5.74) is 7.44. The van der Waals surface area contributed by atoms with Crippen molar-refractivity contribution in [2.24, 2.45) is 11.7 Å². The molecule has 2 aromatic rings. The van der Waals surface area contributed by atoms with Crippen molar-refractivity contribution in [2.45, 2.75) is 38.3 Å². The minimum absolute atomic E-state index is 0.0974. The minimum Gasteiger partial charge on any atom is -0.489 e. The van der Waals surface area contributed by atoms with E-state index >= 15 is 0 Å². The Kier molecular flexibility index (Phi) is 8.08. The smallest absolute Gasteiger partial charge is 0.407 e. The zero-order valence-electron chi connectivity index (χ0n) is 17.9. The monoisotopic (exact) mass is 439 g/mol. The third-order valence-corrected chi connectivity index (χ3v) is 5.65. The molecule has 0 radical (unpaired) electrons. The first-order valence-corrected chi connectivity index (χ1v) is 10.7. The molecule has 2 aromatic carbocycles. The number of benzene rings is 2. The van der Waals surface area contributed by atoms with Crippen molar-refractivity contribution < 1.29 is 24.2 Å². The largest absolute Gasteiger partial charge is 0.489 e. The quantitative estimate of drug-likeness (QED) is 0.554. The molecule has 1 fully saturated rings. The Morgan fingerprint density at radius 1 is 1.03 bits per heavy atom. The summed E-state index contributed by atoms with van der Waals surface area (Å²) in [6.07, 6.45) is 0.871. The third kappa shape index (κ3) is 7.01. The molecule has 32 heavy (non-hydrogen) atoms. The van der Waals surface area contributed by atoms with E-state index in [1.807, 2.05) is 54.6 Å². The van der Waals surface area contributed by atoms with Crippen LogP contribution in [0.1, 0.15) is 30.4 Å². The highest BCUT2D eigenvalue weighted by Gasteiger charge is 2.26. The lowest BCUT2D eigenvalue weighted by molar-refractivity contribution is -0.128. The summed E-state index contributed by atoms with van der Waals surface area (Å²) < 4.78 is 5.77. The molecule has 0 saturated carbocycles. The zero-order chi connectivity index (χ0) is 22.9. The van der Waals surface area contributed by atoms with E-state index in [-0.39, 0.29) is 24.7 Å². The number of carbonyl (C=O) groups is 3. The fourth-order valence-electron chi connectivity index (χ4n) is 3.76. The van der Waals surface area contributed by atoms with Gasteiger partial charge in [-0.2, -0.15) is 0 Å². The van der Waals surface area contributed by atoms with Gasteiger partial charge in [-0.25, -0.2) is 4.79 Å². The average molecular weight is 440 g/mol. The molecule has 8 nitrogen and oxygen atoms in total. The predicted octanol–water partition coefficient (Wildman–Crippen LogP) is 2.56. The molecule has 0 spiro atoms. The third-order valence-electron chi connectivity index (χ3n) is 5.65. The second kappa shape index (κ2) is 11.2. The maximum absolute atomic E-state index is 12.4. The Hall–Kier alpha value is -3.55. The van der Waals surface area contributed by atoms with Gasteiger partial charge in [0.05, 0.1) is 0 Å². The van der Waals surface area contributed by atoms with Crippen molar-refractivity contribution in [1.82, 2.24) is 10.2 Å². The van der Waals surface area contributed by atoms with Gasteiger partial charge in [-0.3, -0.25) is 9.59 Å². The Morgan fingerprint density at radius 3 is 2.28 bits per heavy atom. The van der Waals surface area contributed by atoms with E-state index in [1.165, 1.54) is 4.90 Å². The van der Waals surface area contributed by atoms with Crippen LogP contribution < -0.4 is 15.8 Å². The average Bonchev–Trinajstić information content (AvgIpc) is 2.79. The summed E-state index contributed by atoms with van der Waals surface area (Å²) >= 11 is 0. The number of nitrogens with one attached hydrogen (secondary N) is 1. The summed E-state index contributed by atoms with van der Waals surface area (Å²) in [5.74, 6) is -0.0287. The van der Waals surface area contributed by atoms with Crippen LogP contribution in [-0.4, -0.2) is 47.0 Å². The van der Waals surface area contributed by atoms with Gasteiger partial charge in [-0.05, 0) is 42.0 Å². The number of nitrogens with two attached hydrogens (primary N) is 1. The standard InChI is InChI=1S/C24H29N3O5/c25-23(29)21(26-22(28)15-18-10-12-27(13-11-18)24(30)31)14-17-6-8-20(9-7-17)32-16-19-4-2-1-3-5-19/h1-9,18,21H,10-16H2,(H2,25,29)(H,26,28)(H,30,31). The maximum atomic E-state index is 12.4. The molecule has 1 saturated heterocycles. The molecule has 1 aliphatic rings. The Bertz CT molecular complexity index is 909. The summed E-state index contributed by atoms with van der Waals surface area (Å²) in [6, 6.07) is 16.4. The first-order chi connectivity index (χ1) is 15.4. The van der Waals surface area contributed by atoms with Crippen LogP contribution in [0.15, 0.2) is 54.6 Å². The van der Waals surface area contributed by atoms with E-state index in [9.17, 15) is 14.4 Å². The van der Waals surface area contributed by atoms with Crippen LogP contribution in [0, 0.1) is 5.92 Å². The van der Waals surface area contributed by atoms with Gasteiger partial charge in [0, 0.05) is 25.9 Å². The molecule has 0 aliphatic carbocycles. The minimum atomic E-state index is -0.932. The van der Waals surface area contributed by atoms with Crippen molar-refractivity contribution in [3.8, 4) is 5.75 Å². The number of hydrogen-bond acceptors (Lipinski definition) is 4. The molecule has 3 rings (SSSR count). The number of ether oxygens (including phenoxy) is 1. The van der Waals surface area contributed by atoms with Crippen LogP contribution in [0.25, 0.3) is 0 Å². The van der Waals surface area contributed by atoms with Crippen LogP contribution in [0.5, 0.6) is 5.75 Å². The highest BCUT2D eigenvalue weighted by Crippen LogP contribution is 2.21. The van der Waals surface area contributed by atoms with Gasteiger partial charge in [0.25, 0.3) is 0 Å². The normalized spacial score (nSPS) is 15.1. The molecule has 4 N–H and O–H groups in total. The maximum Gasteiger partial charge on any atom is 0.407 e. The van der Waals surface area contributed by atoms with Crippen molar-refractivity contribution in [1.29, 1.82) is 0 Å². The van der Waals surface area contributed by atoms with Crippen LogP contribution in [0.3, 0.4) is 0 Å². The molecular weight excluding hydrogens is 410 g/mol. The molecule has 0 bridgehead atoms. The van der Waals surface area contributed by atoms with Gasteiger partial charge in [-0.1, -0.05) is 42.5 Å². The van der Waals surface area contributed by atoms with Crippen LogP contribution in [0.2, 0.25) is 0 Å². The Balaban J connectivity index is 1.47. The summed E-state index contributed by atoms with van der Waals surface area (Å²) in [7, 11) is 0. The molecule has 1 aliphatic heterocycles. The number of carboxylic acid groups (broad SMARTS) is 1. The van der Waals surface area contributed by atoms with Crippen molar-refractivity contribution in [2.75, 3.05) is 13.1 Å². The molecule has 1 atom stereocenters. The fourth-order valence-corrected chi connectivity index (χ4v) is 3.76. The molecule has 1 heterocycles. The first-order valence-electron chi connectivity index (χ1n) is 10.7. The van der Waals surface area contributed by atoms with Gasteiger partial charge in [0.15, 0.2) is 0 Å². The summed E-state index contributed by atoms with van der Waals surface area (Å²) in [5, 5.41) is 11.7. The Morgan fingerprint density at radius 2 is 1.69 bits per heavy atom. The fraction of sp³-hybridized carbons (Fsp3) is 0.375. The van der Waals surface area contributed by atoms with Gasteiger partial charge in [0.2, 0.25) is 11.8 Å². The molecular formula is C24H29N3O5.